The van der Waals surface area contributed by atoms with Gasteiger partial charge in [-0.2, -0.15) is 10.5 Å². The molecule has 0 fully saturated rings. The zero-order valence-corrected chi connectivity index (χ0v) is 12.0. The van der Waals surface area contributed by atoms with Crippen molar-refractivity contribution in [2.75, 3.05) is 18.0 Å². The quantitative estimate of drug-likeness (QED) is 0.835. The molecule has 0 saturated carbocycles. The van der Waals surface area contributed by atoms with Crippen LogP contribution in [0.15, 0.2) is 35.4 Å². The lowest BCUT2D eigenvalue weighted by atomic mass is 9.97. The highest BCUT2D eigenvalue weighted by atomic mass is 32.2. The van der Waals surface area contributed by atoms with Gasteiger partial charge in [-0.1, -0.05) is 30.3 Å². The molecule has 1 aromatic heterocycles. The Balaban J connectivity index is 2.74. The molecule has 0 unspecified atom stereocenters. The lowest BCUT2D eigenvalue weighted by Crippen LogP contribution is -2.06. The first-order valence-corrected chi connectivity index (χ1v) is 7.23. The molecule has 0 bridgehead atoms. The van der Waals surface area contributed by atoms with E-state index in [0.717, 1.165) is 5.56 Å². The minimum absolute atomic E-state index is 0.134. The summed E-state index contributed by atoms with van der Waals surface area (Å²) in [4.78, 5) is 4.18. The number of anilines is 1. The molecule has 0 aliphatic rings. The van der Waals surface area contributed by atoms with Gasteiger partial charge >= 0.3 is 0 Å². The van der Waals surface area contributed by atoms with Crippen LogP contribution in [0.1, 0.15) is 11.1 Å². The predicted octanol–water partition coefficient (Wildman–Crippen LogP) is 2.12. The van der Waals surface area contributed by atoms with E-state index >= 15 is 0 Å². The Bertz CT molecular complexity index is 728. The number of nitriles is 2. The minimum Gasteiger partial charge on any atom is -0.383 e. The second kappa shape index (κ2) is 6.76. The molecule has 0 saturated heterocycles. The zero-order chi connectivity index (χ0) is 15.2. The first-order chi connectivity index (χ1) is 10.2. The fraction of sp³-hybridized carbons (Fsp3) is 0.133. The van der Waals surface area contributed by atoms with Gasteiger partial charge in [0.25, 0.3) is 0 Å². The van der Waals surface area contributed by atoms with Crippen molar-refractivity contribution in [1.82, 2.24) is 4.98 Å². The summed E-state index contributed by atoms with van der Waals surface area (Å²) < 4.78 is 0. The largest absolute Gasteiger partial charge is 0.383 e. The van der Waals surface area contributed by atoms with Gasteiger partial charge in [0.2, 0.25) is 0 Å². The highest BCUT2D eigenvalue weighted by molar-refractivity contribution is 7.99. The lowest BCUT2D eigenvalue weighted by Gasteiger charge is -2.12. The topological polar surface area (TPSA) is 113 Å². The number of hydrogen-bond donors (Lipinski definition) is 2. The maximum atomic E-state index is 9.49. The molecule has 0 spiro atoms. The number of benzene rings is 1. The van der Waals surface area contributed by atoms with Gasteiger partial charge < -0.3 is 11.5 Å². The third-order valence-corrected chi connectivity index (χ3v) is 3.84. The second-order valence-electron chi connectivity index (χ2n) is 4.15. The van der Waals surface area contributed by atoms with Crippen LogP contribution in [0.25, 0.3) is 11.1 Å². The highest BCUT2D eigenvalue weighted by Gasteiger charge is 2.19. The highest BCUT2D eigenvalue weighted by Crippen LogP contribution is 2.35. The van der Waals surface area contributed by atoms with Crippen molar-refractivity contribution in [3.63, 3.8) is 0 Å². The number of pyridine rings is 1. The number of nitrogens with zero attached hydrogens (tertiary/aromatic N) is 3. The van der Waals surface area contributed by atoms with Gasteiger partial charge in [-0.25, -0.2) is 4.98 Å². The Kier molecular flexibility index (Phi) is 4.78. The van der Waals surface area contributed by atoms with Crippen LogP contribution in [0.4, 0.5) is 5.82 Å². The van der Waals surface area contributed by atoms with Gasteiger partial charge in [-0.3, -0.25) is 0 Å². The van der Waals surface area contributed by atoms with Crippen molar-refractivity contribution in [1.29, 1.82) is 10.5 Å². The second-order valence-corrected chi connectivity index (χ2v) is 5.24. The molecule has 6 heteroatoms. The van der Waals surface area contributed by atoms with E-state index in [0.29, 0.717) is 28.5 Å². The molecule has 21 heavy (non-hydrogen) atoms. The summed E-state index contributed by atoms with van der Waals surface area (Å²) in [5.74, 6) is 0.760. The normalized spacial score (nSPS) is 9.86. The molecule has 2 rings (SSSR count). The van der Waals surface area contributed by atoms with E-state index in [1.54, 1.807) is 0 Å². The van der Waals surface area contributed by atoms with Crippen LogP contribution in [-0.4, -0.2) is 17.3 Å². The van der Waals surface area contributed by atoms with Crippen molar-refractivity contribution in [2.24, 2.45) is 5.73 Å². The average molecular weight is 295 g/mol. The Hall–Kier alpha value is -2.54. The molecule has 4 N–H and O–H groups in total. The fourth-order valence-corrected chi connectivity index (χ4v) is 2.72. The summed E-state index contributed by atoms with van der Waals surface area (Å²) in [5.41, 5.74) is 13.3. The molecule has 2 aromatic rings. The smallest absolute Gasteiger partial charge is 0.143 e. The van der Waals surface area contributed by atoms with Crippen LogP contribution < -0.4 is 11.5 Å². The van der Waals surface area contributed by atoms with Gasteiger partial charge in [0.1, 0.15) is 28.5 Å². The molecule has 0 aliphatic carbocycles. The fourth-order valence-electron chi connectivity index (χ4n) is 1.95. The Labute approximate surface area is 127 Å². The lowest BCUT2D eigenvalue weighted by molar-refractivity contribution is 1.10. The van der Waals surface area contributed by atoms with Crippen molar-refractivity contribution < 1.29 is 0 Å². The summed E-state index contributed by atoms with van der Waals surface area (Å²) in [7, 11) is 0. The number of aromatic nitrogens is 1. The van der Waals surface area contributed by atoms with E-state index in [1.165, 1.54) is 11.8 Å². The van der Waals surface area contributed by atoms with Crippen LogP contribution in [0, 0.1) is 22.7 Å². The summed E-state index contributed by atoms with van der Waals surface area (Å²) >= 11 is 1.37. The van der Waals surface area contributed by atoms with Crippen LogP contribution in [0.5, 0.6) is 0 Å². The van der Waals surface area contributed by atoms with Crippen LogP contribution >= 0.6 is 11.8 Å². The number of hydrogen-bond acceptors (Lipinski definition) is 6. The van der Waals surface area contributed by atoms with Gasteiger partial charge in [0.05, 0.1) is 5.56 Å². The van der Waals surface area contributed by atoms with Crippen molar-refractivity contribution in [3.8, 4) is 23.3 Å². The van der Waals surface area contributed by atoms with Crippen LogP contribution in [0.2, 0.25) is 0 Å². The van der Waals surface area contributed by atoms with E-state index in [1.807, 2.05) is 36.4 Å². The third kappa shape index (κ3) is 2.97. The van der Waals surface area contributed by atoms with E-state index in [9.17, 15) is 10.5 Å². The van der Waals surface area contributed by atoms with Gasteiger partial charge in [0, 0.05) is 17.9 Å². The summed E-state index contributed by atoms with van der Waals surface area (Å²) in [6.07, 6.45) is 0. The maximum absolute atomic E-state index is 9.49. The number of thioether (sulfide) groups is 1. The molecule has 104 valence electrons. The molecule has 0 aliphatic heterocycles. The Morgan fingerprint density at radius 2 is 1.76 bits per heavy atom. The Morgan fingerprint density at radius 3 is 2.33 bits per heavy atom. The van der Waals surface area contributed by atoms with Crippen molar-refractivity contribution >= 4 is 17.6 Å². The van der Waals surface area contributed by atoms with E-state index in [4.69, 9.17) is 11.5 Å². The standard InChI is InChI=1S/C15H13N5S/c16-6-7-21-15-12(9-18)13(10-4-2-1-3-5-10)11(8-17)14(19)20-15/h1-5H,6-7,16H2,(H2,19,20). The monoisotopic (exact) mass is 295 g/mol. The van der Waals surface area contributed by atoms with Gasteiger partial charge in [0.15, 0.2) is 0 Å². The van der Waals surface area contributed by atoms with E-state index in [-0.39, 0.29) is 11.4 Å². The molecule has 0 amide bonds. The first-order valence-electron chi connectivity index (χ1n) is 6.24. The summed E-state index contributed by atoms with van der Waals surface area (Å²) in [6, 6.07) is 13.4. The molecular weight excluding hydrogens is 282 g/mol. The predicted molar refractivity (Wildman–Crippen MR) is 83.3 cm³/mol. The minimum atomic E-state index is 0.134. The van der Waals surface area contributed by atoms with Crippen LogP contribution in [0.3, 0.4) is 0 Å². The summed E-state index contributed by atoms with van der Waals surface area (Å²) in [6.45, 7) is 0.470. The molecule has 1 aromatic carbocycles. The average Bonchev–Trinajstić information content (AvgIpc) is 2.52. The van der Waals surface area contributed by atoms with Gasteiger partial charge in [-0.15, -0.1) is 11.8 Å². The molecule has 0 radical (unpaired) electrons. The molecule has 5 nitrogen and oxygen atoms in total. The van der Waals surface area contributed by atoms with Crippen LogP contribution in [-0.2, 0) is 0 Å². The van der Waals surface area contributed by atoms with Gasteiger partial charge in [-0.05, 0) is 5.56 Å². The first kappa shape index (κ1) is 14.9. The summed E-state index contributed by atoms with van der Waals surface area (Å²) in [5, 5.41) is 19.3. The van der Waals surface area contributed by atoms with Crippen molar-refractivity contribution in [3.05, 3.63) is 41.5 Å². The van der Waals surface area contributed by atoms with E-state index < -0.39 is 0 Å². The zero-order valence-electron chi connectivity index (χ0n) is 11.2. The molecule has 0 atom stereocenters. The SMILES string of the molecule is N#Cc1c(N)nc(SCCN)c(C#N)c1-c1ccccc1. The maximum Gasteiger partial charge on any atom is 0.143 e. The number of nitrogen functional groups attached to an aromatic ring is 1. The third-order valence-electron chi connectivity index (χ3n) is 2.83. The number of nitrogens with two attached hydrogens (primary N) is 2. The molecule has 1 heterocycles. The number of rotatable bonds is 4. The van der Waals surface area contributed by atoms with Crippen molar-refractivity contribution in [2.45, 2.75) is 5.03 Å². The Morgan fingerprint density at radius 1 is 1.10 bits per heavy atom. The van der Waals surface area contributed by atoms with E-state index in [2.05, 4.69) is 11.1 Å². The molecular formula is C15H13N5S.